The van der Waals surface area contributed by atoms with Crippen molar-refractivity contribution in [2.24, 2.45) is 0 Å². The average Bonchev–Trinajstić information content (AvgIpc) is 1.21. The van der Waals surface area contributed by atoms with Crippen molar-refractivity contribution in [3.05, 3.63) is 5.32 Å². The van der Waals surface area contributed by atoms with Crippen LogP contribution >= 0.6 is 0 Å². The second-order valence-corrected chi connectivity index (χ2v) is 3.39. The molecule has 66 valence electrons. The summed E-state index contributed by atoms with van der Waals surface area (Å²) in [4.78, 5) is 0. The molecular weight excluding hydrogens is 200 g/mol. The van der Waals surface area contributed by atoms with Gasteiger partial charge in [-0.25, -0.2) is 0 Å². The van der Waals surface area contributed by atoms with Gasteiger partial charge in [-0.2, -0.15) is 0 Å². The maximum Gasteiger partial charge on any atom is 2.00 e. The van der Waals surface area contributed by atoms with Gasteiger partial charge in [0.25, 0.3) is 0 Å². The van der Waals surface area contributed by atoms with Gasteiger partial charge in [0.2, 0.25) is 0 Å². The van der Waals surface area contributed by atoms with Crippen LogP contribution in [0.5, 0.6) is 0 Å². The summed E-state index contributed by atoms with van der Waals surface area (Å²) in [6, 6.07) is 0.468. The predicted octanol–water partition coefficient (Wildman–Crippen LogP) is -6.80. The first-order valence-corrected chi connectivity index (χ1v) is 3.14. The molecule has 0 bridgehead atoms. The van der Waals surface area contributed by atoms with E-state index in [1.165, 1.54) is 0 Å². The number of nitrogens with zero attached hydrogens (tertiary/aromatic N) is 1. The van der Waals surface area contributed by atoms with E-state index in [4.69, 9.17) is 0 Å². The summed E-state index contributed by atoms with van der Waals surface area (Å²) < 4.78 is 0. The van der Waals surface area contributed by atoms with Gasteiger partial charge in [-0.3, -0.25) is 0 Å². The van der Waals surface area contributed by atoms with Crippen LogP contribution in [0.15, 0.2) is 0 Å². The summed E-state index contributed by atoms with van der Waals surface area (Å²) in [5.74, 6) is 0. The first kappa shape index (κ1) is 29.2. The second kappa shape index (κ2) is 12.9. The molecule has 0 amide bonds. The van der Waals surface area contributed by atoms with Crippen molar-refractivity contribution >= 4 is 23.1 Å². The van der Waals surface area contributed by atoms with Crippen molar-refractivity contribution in [3.8, 4) is 0 Å². The molecule has 12 heavy (non-hydrogen) atoms. The Balaban J connectivity index is -0.0000000408. The molecule has 0 rings (SSSR count). The SMILES string of the molecule is CC(C)[N-]C(C)(C)C.[Cl-].[Cl-].[Li+].[Mg+2]. The molecule has 0 fully saturated rings. The quantitative estimate of drug-likeness (QED) is 0.387. The van der Waals surface area contributed by atoms with Gasteiger partial charge in [-0.1, -0.05) is 34.6 Å². The summed E-state index contributed by atoms with van der Waals surface area (Å²) in [5, 5.41) is 4.41. The van der Waals surface area contributed by atoms with E-state index < -0.39 is 0 Å². The molecule has 0 aromatic rings. The normalized spacial score (nSPS) is 8.50. The van der Waals surface area contributed by atoms with Gasteiger partial charge in [-0.15, -0.1) is 11.6 Å². The minimum atomic E-state index is 0. The van der Waals surface area contributed by atoms with Crippen molar-refractivity contribution in [1.82, 2.24) is 0 Å². The van der Waals surface area contributed by atoms with Crippen molar-refractivity contribution in [3.63, 3.8) is 0 Å². The fraction of sp³-hybridized carbons (Fsp3) is 1.00. The molecule has 0 aliphatic carbocycles. The van der Waals surface area contributed by atoms with Crippen molar-refractivity contribution in [2.75, 3.05) is 0 Å². The Morgan fingerprint density at radius 3 is 1.25 bits per heavy atom. The zero-order valence-corrected chi connectivity index (χ0v) is 11.9. The van der Waals surface area contributed by atoms with Crippen LogP contribution in [-0.2, 0) is 0 Å². The third-order valence-electron chi connectivity index (χ3n) is 0.645. The summed E-state index contributed by atoms with van der Waals surface area (Å²) in [5.41, 5.74) is 0.147. The van der Waals surface area contributed by atoms with E-state index in [1.54, 1.807) is 0 Å². The third kappa shape index (κ3) is 29.7. The minimum absolute atomic E-state index is 0. The third-order valence-corrected chi connectivity index (χ3v) is 0.645. The van der Waals surface area contributed by atoms with E-state index in [-0.39, 0.29) is 72.3 Å². The first-order chi connectivity index (χ1) is 3.42. The van der Waals surface area contributed by atoms with Crippen molar-refractivity contribution in [1.29, 1.82) is 0 Å². The molecule has 0 aromatic carbocycles. The fourth-order valence-corrected chi connectivity index (χ4v) is 0.775. The number of halogens is 2. The standard InChI is InChI=1S/C7H16N.2ClH.Li.Mg/c1-6(2)8-7(3,4)5;;;;/h6H,1-5H3;2*1H;;/q-1;;;+1;+2/p-2. The van der Waals surface area contributed by atoms with E-state index in [0.29, 0.717) is 6.04 Å². The van der Waals surface area contributed by atoms with Gasteiger partial charge in [0.15, 0.2) is 0 Å². The zero-order valence-electron chi connectivity index (χ0n) is 8.99. The summed E-state index contributed by atoms with van der Waals surface area (Å²) in [6.45, 7) is 10.6. The smallest absolute Gasteiger partial charge is 1.00 e. The summed E-state index contributed by atoms with van der Waals surface area (Å²) in [7, 11) is 0. The van der Waals surface area contributed by atoms with E-state index in [2.05, 4.69) is 39.9 Å². The van der Waals surface area contributed by atoms with E-state index in [0.717, 1.165) is 0 Å². The number of rotatable bonds is 1. The molecule has 0 saturated heterocycles. The maximum atomic E-state index is 4.41. The predicted molar refractivity (Wildman–Crippen MR) is 44.0 cm³/mol. The minimum Gasteiger partial charge on any atom is -1.00 e. The van der Waals surface area contributed by atoms with Crippen LogP contribution in [0.3, 0.4) is 0 Å². The monoisotopic (exact) mass is 215 g/mol. The molecule has 0 spiro atoms. The Bertz CT molecular complexity index is 76.3. The maximum absolute atomic E-state index is 4.41. The van der Waals surface area contributed by atoms with Crippen LogP contribution in [0.4, 0.5) is 0 Å². The molecule has 0 radical (unpaired) electrons. The van der Waals surface area contributed by atoms with Crippen molar-refractivity contribution < 1.29 is 43.7 Å². The molecule has 0 saturated carbocycles. The molecule has 0 aliphatic rings. The Labute approximate surface area is 117 Å². The molecule has 0 aliphatic heterocycles. The Hall–Kier alpha value is 1.90. The topological polar surface area (TPSA) is 14.1 Å². The van der Waals surface area contributed by atoms with Crippen LogP contribution in [-0.4, -0.2) is 34.6 Å². The van der Waals surface area contributed by atoms with Gasteiger partial charge in [0, 0.05) is 0 Å². The molecular formula is C7H16Cl2LiMgN. The molecule has 5 heteroatoms. The van der Waals surface area contributed by atoms with Crippen LogP contribution in [0.1, 0.15) is 34.6 Å². The van der Waals surface area contributed by atoms with Crippen LogP contribution in [0, 0.1) is 0 Å². The van der Waals surface area contributed by atoms with Gasteiger partial charge in [-0.05, 0) is 0 Å². The largest absolute Gasteiger partial charge is 2.00 e. The van der Waals surface area contributed by atoms with Gasteiger partial charge in [0.1, 0.15) is 0 Å². The second-order valence-electron chi connectivity index (χ2n) is 3.39. The van der Waals surface area contributed by atoms with E-state index in [1.807, 2.05) is 0 Å². The first-order valence-electron chi connectivity index (χ1n) is 3.14. The Morgan fingerprint density at radius 2 is 1.25 bits per heavy atom. The van der Waals surface area contributed by atoms with Gasteiger partial charge in [0.05, 0.1) is 0 Å². The summed E-state index contributed by atoms with van der Waals surface area (Å²) >= 11 is 0. The zero-order chi connectivity index (χ0) is 6.78. The molecule has 0 N–H and O–H groups in total. The molecule has 0 aromatic heterocycles. The van der Waals surface area contributed by atoms with Crippen molar-refractivity contribution in [2.45, 2.75) is 46.2 Å². The van der Waals surface area contributed by atoms with Gasteiger partial charge >= 0.3 is 41.9 Å². The van der Waals surface area contributed by atoms with Crippen LogP contribution in [0.25, 0.3) is 5.32 Å². The number of hydrogen-bond donors (Lipinski definition) is 0. The van der Waals surface area contributed by atoms with Crippen LogP contribution in [0.2, 0.25) is 0 Å². The number of hydrogen-bond acceptors (Lipinski definition) is 0. The van der Waals surface area contributed by atoms with Crippen LogP contribution < -0.4 is 43.7 Å². The average molecular weight is 216 g/mol. The Morgan fingerprint density at radius 1 is 1.00 bits per heavy atom. The summed E-state index contributed by atoms with van der Waals surface area (Å²) in [6.07, 6.45) is 0. The van der Waals surface area contributed by atoms with Gasteiger partial charge < -0.3 is 30.1 Å². The molecule has 1 nitrogen and oxygen atoms in total. The van der Waals surface area contributed by atoms with E-state index >= 15 is 0 Å². The molecule has 0 heterocycles. The molecule has 0 unspecified atom stereocenters. The Kier molecular flexibility index (Phi) is 31.4. The molecule has 0 atom stereocenters. The fourth-order valence-electron chi connectivity index (χ4n) is 0.775. The van der Waals surface area contributed by atoms with E-state index in [9.17, 15) is 0 Å².